The van der Waals surface area contributed by atoms with Crippen molar-refractivity contribution in [2.75, 3.05) is 13.7 Å². The number of methoxy groups -OCH3 is 1. The standard InChI is InChI=1S/C20H29N3O3/c1-3-17(15-25-2)21-18(24)13-14-20-23-22-19(26-20)12-8-7-11-16-9-5-4-6-10-16/h4-6,9-10,17H,3,7-8,11-15H2,1-2H3,(H,21,24). The first-order valence-electron chi connectivity index (χ1n) is 9.34. The molecule has 0 saturated carbocycles. The van der Waals surface area contributed by atoms with Gasteiger partial charge < -0.3 is 14.5 Å². The number of aromatic nitrogens is 2. The average molecular weight is 359 g/mol. The maximum Gasteiger partial charge on any atom is 0.220 e. The molecule has 0 spiro atoms. The number of hydrogen-bond donors (Lipinski definition) is 1. The van der Waals surface area contributed by atoms with E-state index in [1.165, 1.54) is 5.56 Å². The van der Waals surface area contributed by atoms with Crippen molar-refractivity contribution in [2.45, 2.75) is 57.9 Å². The average Bonchev–Trinajstić information content (AvgIpc) is 3.12. The summed E-state index contributed by atoms with van der Waals surface area (Å²) in [6.45, 7) is 2.54. The molecule has 0 aliphatic carbocycles. The van der Waals surface area contributed by atoms with Gasteiger partial charge in [-0.05, 0) is 31.2 Å². The molecule has 1 amide bonds. The lowest BCUT2D eigenvalue weighted by Crippen LogP contribution is -2.37. The summed E-state index contributed by atoms with van der Waals surface area (Å²) in [7, 11) is 1.63. The van der Waals surface area contributed by atoms with Crippen molar-refractivity contribution in [1.29, 1.82) is 0 Å². The Kier molecular flexibility index (Phi) is 8.83. The van der Waals surface area contributed by atoms with Gasteiger partial charge in [0.15, 0.2) is 0 Å². The topological polar surface area (TPSA) is 77.2 Å². The molecule has 2 rings (SSSR count). The summed E-state index contributed by atoms with van der Waals surface area (Å²) in [5, 5.41) is 11.1. The molecule has 1 unspecified atom stereocenters. The Balaban J connectivity index is 1.65. The van der Waals surface area contributed by atoms with Gasteiger partial charge in [-0.15, -0.1) is 10.2 Å². The maximum atomic E-state index is 12.0. The Hall–Kier alpha value is -2.21. The number of benzene rings is 1. The molecule has 6 heteroatoms. The number of nitrogens with zero attached hydrogens (tertiary/aromatic N) is 2. The summed E-state index contributed by atoms with van der Waals surface area (Å²) in [5.74, 6) is 1.16. The van der Waals surface area contributed by atoms with Crippen LogP contribution in [0, 0.1) is 0 Å². The van der Waals surface area contributed by atoms with E-state index < -0.39 is 0 Å². The van der Waals surface area contributed by atoms with E-state index in [-0.39, 0.29) is 11.9 Å². The summed E-state index contributed by atoms with van der Waals surface area (Å²) in [6.07, 6.45) is 5.57. The molecule has 0 radical (unpaired) electrons. The van der Waals surface area contributed by atoms with Gasteiger partial charge in [-0.3, -0.25) is 4.79 Å². The third kappa shape index (κ3) is 7.35. The second-order valence-electron chi connectivity index (χ2n) is 6.41. The highest BCUT2D eigenvalue weighted by Gasteiger charge is 2.12. The van der Waals surface area contributed by atoms with Crippen molar-refractivity contribution in [3.8, 4) is 0 Å². The highest BCUT2D eigenvalue weighted by Crippen LogP contribution is 2.09. The van der Waals surface area contributed by atoms with E-state index in [0.29, 0.717) is 31.2 Å². The van der Waals surface area contributed by atoms with Gasteiger partial charge in [-0.1, -0.05) is 37.3 Å². The number of aryl methyl sites for hydroxylation is 3. The zero-order valence-electron chi connectivity index (χ0n) is 15.7. The Labute approximate surface area is 155 Å². The van der Waals surface area contributed by atoms with Crippen LogP contribution in [0.1, 0.15) is 50.0 Å². The second kappa shape index (κ2) is 11.4. The molecular weight excluding hydrogens is 330 g/mol. The van der Waals surface area contributed by atoms with Crippen molar-refractivity contribution in [2.24, 2.45) is 0 Å². The van der Waals surface area contributed by atoms with Crippen molar-refractivity contribution in [3.63, 3.8) is 0 Å². The van der Waals surface area contributed by atoms with Gasteiger partial charge in [0.25, 0.3) is 0 Å². The van der Waals surface area contributed by atoms with Crippen LogP contribution in [0.3, 0.4) is 0 Å². The molecule has 1 atom stereocenters. The predicted molar refractivity (Wildman–Crippen MR) is 99.8 cm³/mol. The lowest BCUT2D eigenvalue weighted by Gasteiger charge is -2.15. The molecule has 2 aromatic rings. The molecule has 0 saturated heterocycles. The first kappa shape index (κ1) is 20.1. The van der Waals surface area contributed by atoms with Crippen LogP contribution in [0.25, 0.3) is 0 Å². The number of unbranched alkanes of at least 4 members (excludes halogenated alkanes) is 1. The largest absolute Gasteiger partial charge is 0.425 e. The third-order valence-electron chi connectivity index (χ3n) is 4.25. The Morgan fingerprint density at radius 2 is 1.81 bits per heavy atom. The van der Waals surface area contributed by atoms with Crippen molar-refractivity contribution in [3.05, 3.63) is 47.7 Å². The minimum absolute atomic E-state index is 0.0171. The monoisotopic (exact) mass is 359 g/mol. The fraction of sp³-hybridized carbons (Fsp3) is 0.550. The van der Waals surface area contributed by atoms with Crippen LogP contribution < -0.4 is 5.32 Å². The van der Waals surface area contributed by atoms with Crippen molar-refractivity contribution < 1.29 is 13.9 Å². The Morgan fingerprint density at radius 1 is 1.12 bits per heavy atom. The van der Waals surface area contributed by atoms with Crippen LogP contribution in [-0.4, -0.2) is 35.9 Å². The summed E-state index contributed by atoms with van der Waals surface area (Å²) in [5.41, 5.74) is 1.35. The molecule has 26 heavy (non-hydrogen) atoms. The molecule has 1 heterocycles. The molecule has 1 N–H and O–H groups in total. The van der Waals surface area contributed by atoms with Gasteiger partial charge in [-0.2, -0.15) is 0 Å². The summed E-state index contributed by atoms with van der Waals surface area (Å²) in [6, 6.07) is 10.5. The minimum Gasteiger partial charge on any atom is -0.425 e. The molecule has 6 nitrogen and oxygen atoms in total. The first-order chi connectivity index (χ1) is 12.7. The molecule has 0 fully saturated rings. The van der Waals surface area contributed by atoms with E-state index >= 15 is 0 Å². The van der Waals surface area contributed by atoms with Crippen molar-refractivity contribution in [1.82, 2.24) is 15.5 Å². The summed E-state index contributed by atoms with van der Waals surface area (Å²) >= 11 is 0. The summed E-state index contributed by atoms with van der Waals surface area (Å²) in [4.78, 5) is 12.0. The maximum absolute atomic E-state index is 12.0. The van der Waals surface area contributed by atoms with Crippen LogP contribution >= 0.6 is 0 Å². The fourth-order valence-corrected chi connectivity index (χ4v) is 2.72. The van der Waals surface area contributed by atoms with E-state index in [1.807, 2.05) is 13.0 Å². The van der Waals surface area contributed by atoms with Crippen molar-refractivity contribution >= 4 is 5.91 Å². The van der Waals surface area contributed by atoms with E-state index in [2.05, 4.69) is 39.8 Å². The Morgan fingerprint density at radius 3 is 2.50 bits per heavy atom. The predicted octanol–water partition coefficient (Wildman–Crippen LogP) is 3.11. The zero-order valence-corrected chi connectivity index (χ0v) is 15.7. The van der Waals surface area contributed by atoms with Crippen LogP contribution in [-0.2, 0) is 28.8 Å². The quantitative estimate of drug-likeness (QED) is 0.589. The number of ether oxygens (including phenoxy) is 1. The van der Waals surface area contributed by atoms with Crippen LogP contribution in [0.4, 0.5) is 0 Å². The van der Waals surface area contributed by atoms with E-state index in [4.69, 9.17) is 9.15 Å². The second-order valence-corrected chi connectivity index (χ2v) is 6.41. The van der Waals surface area contributed by atoms with E-state index in [1.54, 1.807) is 7.11 Å². The van der Waals surface area contributed by atoms with E-state index in [0.717, 1.165) is 32.1 Å². The fourth-order valence-electron chi connectivity index (χ4n) is 2.72. The number of carbonyl (C=O) groups is 1. The van der Waals surface area contributed by atoms with Gasteiger partial charge in [0.1, 0.15) is 0 Å². The SMILES string of the molecule is CCC(COC)NC(=O)CCc1nnc(CCCCc2ccccc2)o1. The number of rotatable bonds is 12. The molecule has 0 bridgehead atoms. The molecule has 0 aliphatic heterocycles. The minimum atomic E-state index is -0.0171. The number of hydrogen-bond acceptors (Lipinski definition) is 5. The molecule has 142 valence electrons. The normalized spacial score (nSPS) is 12.1. The smallest absolute Gasteiger partial charge is 0.220 e. The highest BCUT2D eigenvalue weighted by molar-refractivity contribution is 5.76. The van der Waals surface area contributed by atoms with Gasteiger partial charge in [-0.25, -0.2) is 0 Å². The first-order valence-corrected chi connectivity index (χ1v) is 9.34. The zero-order chi connectivity index (χ0) is 18.6. The molecule has 1 aromatic heterocycles. The summed E-state index contributed by atoms with van der Waals surface area (Å²) < 4.78 is 10.7. The molecule has 1 aromatic carbocycles. The van der Waals surface area contributed by atoms with Gasteiger partial charge in [0.2, 0.25) is 17.7 Å². The highest BCUT2D eigenvalue weighted by atomic mass is 16.5. The molecule has 0 aliphatic rings. The number of nitrogens with one attached hydrogen (secondary N) is 1. The van der Waals surface area contributed by atoms with Crippen LogP contribution in [0.5, 0.6) is 0 Å². The van der Waals surface area contributed by atoms with E-state index in [9.17, 15) is 4.79 Å². The number of amides is 1. The Bertz CT molecular complexity index is 643. The lowest BCUT2D eigenvalue weighted by atomic mass is 10.1. The van der Waals surface area contributed by atoms with Gasteiger partial charge in [0, 0.05) is 26.4 Å². The van der Waals surface area contributed by atoms with Gasteiger partial charge in [0.05, 0.1) is 12.6 Å². The lowest BCUT2D eigenvalue weighted by molar-refractivity contribution is -0.122. The van der Waals surface area contributed by atoms with Crippen LogP contribution in [0.2, 0.25) is 0 Å². The van der Waals surface area contributed by atoms with Crippen LogP contribution in [0.15, 0.2) is 34.7 Å². The van der Waals surface area contributed by atoms with Gasteiger partial charge >= 0.3 is 0 Å². The number of carbonyl (C=O) groups excluding carboxylic acids is 1. The molecular formula is C20H29N3O3. The third-order valence-corrected chi connectivity index (χ3v) is 4.25.